The molecule has 0 radical (unpaired) electrons. The molecule has 3 aromatic rings. The van der Waals surface area contributed by atoms with Gasteiger partial charge >= 0.3 is 6.18 Å². The molecule has 0 spiro atoms. The number of nitrogens with zero attached hydrogens (tertiary/aromatic N) is 2. The number of aromatic nitrogens is 2. The average molecular weight is 406 g/mol. The van der Waals surface area contributed by atoms with E-state index < -0.39 is 17.2 Å². The Kier molecular flexibility index (Phi) is 4.84. The number of anilines is 1. The SMILES string of the molecule is ONC1Nc2c(Oc3cncc(-c4ccc(C(F)(F)F)cc4)n3)cccc2S1. The second kappa shape index (κ2) is 7.30. The first kappa shape index (κ1) is 18.5. The first-order valence-corrected chi connectivity index (χ1v) is 8.95. The number of hydroxylamine groups is 1. The summed E-state index contributed by atoms with van der Waals surface area (Å²) in [7, 11) is 0. The lowest BCUT2D eigenvalue weighted by Gasteiger charge is -2.11. The molecule has 0 aliphatic carbocycles. The molecule has 0 fully saturated rings. The predicted molar refractivity (Wildman–Crippen MR) is 97.2 cm³/mol. The van der Waals surface area contributed by atoms with Crippen LogP contribution in [0.1, 0.15) is 5.56 Å². The van der Waals surface area contributed by atoms with Crippen molar-refractivity contribution in [2.24, 2.45) is 0 Å². The zero-order valence-corrected chi connectivity index (χ0v) is 14.9. The van der Waals surface area contributed by atoms with Crippen LogP contribution in [0.15, 0.2) is 59.8 Å². The molecular formula is C18H13F3N4O2S. The molecule has 1 aromatic heterocycles. The van der Waals surface area contributed by atoms with Gasteiger partial charge in [-0.25, -0.2) is 4.98 Å². The number of ether oxygens (including phenoxy) is 1. The summed E-state index contributed by atoms with van der Waals surface area (Å²) in [6, 6.07) is 10.1. The number of nitrogens with one attached hydrogen (secondary N) is 2. The molecule has 3 N–H and O–H groups in total. The third kappa shape index (κ3) is 3.75. The molecule has 0 saturated carbocycles. The number of hydrogen-bond donors (Lipinski definition) is 3. The van der Waals surface area contributed by atoms with E-state index in [-0.39, 0.29) is 5.88 Å². The number of rotatable bonds is 4. The minimum absolute atomic E-state index is 0.193. The fraction of sp³-hybridized carbons (Fsp3) is 0.111. The van der Waals surface area contributed by atoms with E-state index in [2.05, 4.69) is 20.8 Å². The summed E-state index contributed by atoms with van der Waals surface area (Å²) >= 11 is 1.38. The molecule has 2 aromatic carbocycles. The van der Waals surface area contributed by atoms with Gasteiger partial charge < -0.3 is 15.3 Å². The van der Waals surface area contributed by atoms with Crippen molar-refractivity contribution in [3.8, 4) is 22.9 Å². The first-order chi connectivity index (χ1) is 13.4. The minimum Gasteiger partial charge on any atom is -0.435 e. The number of para-hydroxylation sites is 1. The molecule has 1 atom stereocenters. The summed E-state index contributed by atoms with van der Waals surface area (Å²) in [4.78, 5) is 9.28. The van der Waals surface area contributed by atoms with Crippen molar-refractivity contribution in [2.45, 2.75) is 16.6 Å². The van der Waals surface area contributed by atoms with Crippen molar-refractivity contribution >= 4 is 17.4 Å². The normalized spacial score (nSPS) is 15.8. The van der Waals surface area contributed by atoms with Crippen LogP contribution in [0.3, 0.4) is 0 Å². The van der Waals surface area contributed by atoms with Crippen LogP contribution >= 0.6 is 11.8 Å². The zero-order chi connectivity index (χ0) is 19.7. The zero-order valence-electron chi connectivity index (χ0n) is 14.1. The standard InChI is InChI=1S/C18H13F3N4O2S/c19-18(20,21)11-6-4-10(5-7-11)12-8-22-9-15(23-12)27-13-2-1-3-14-16(13)24-17(25-26)28-14/h1-9,17,24-26H. The van der Waals surface area contributed by atoms with Gasteiger partial charge in [-0.1, -0.05) is 30.0 Å². The second-order valence-electron chi connectivity index (χ2n) is 5.82. The largest absolute Gasteiger partial charge is 0.435 e. The van der Waals surface area contributed by atoms with E-state index in [1.165, 1.54) is 36.3 Å². The van der Waals surface area contributed by atoms with Crippen molar-refractivity contribution in [3.63, 3.8) is 0 Å². The van der Waals surface area contributed by atoms with Crippen LogP contribution in [0.5, 0.6) is 11.6 Å². The number of fused-ring (bicyclic) bond motifs is 1. The first-order valence-electron chi connectivity index (χ1n) is 8.07. The van der Waals surface area contributed by atoms with Crippen LogP contribution < -0.4 is 15.5 Å². The van der Waals surface area contributed by atoms with E-state index in [0.29, 0.717) is 22.7 Å². The molecule has 144 valence electrons. The van der Waals surface area contributed by atoms with Gasteiger partial charge in [-0.05, 0) is 24.3 Å². The van der Waals surface area contributed by atoms with E-state index in [1.54, 1.807) is 12.1 Å². The van der Waals surface area contributed by atoms with Gasteiger partial charge in [0.05, 0.1) is 29.3 Å². The van der Waals surface area contributed by atoms with Crippen molar-refractivity contribution in [2.75, 3.05) is 5.32 Å². The highest BCUT2D eigenvalue weighted by Crippen LogP contribution is 2.44. The van der Waals surface area contributed by atoms with Gasteiger partial charge in [-0.3, -0.25) is 4.98 Å². The Bertz CT molecular complexity index is 999. The van der Waals surface area contributed by atoms with Gasteiger partial charge in [0.25, 0.3) is 0 Å². The molecule has 1 aliphatic rings. The van der Waals surface area contributed by atoms with E-state index >= 15 is 0 Å². The van der Waals surface area contributed by atoms with Crippen molar-refractivity contribution in [1.29, 1.82) is 0 Å². The fourth-order valence-corrected chi connectivity index (χ4v) is 3.58. The van der Waals surface area contributed by atoms with Crippen LogP contribution in [-0.2, 0) is 6.18 Å². The minimum atomic E-state index is -4.39. The van der Waals surface area contributed by atoms with Crippen LogP contribution in [0.25, 0.3) is 11.3 Å². The quantitative estimate of drug-likeness (QED) is 0.541. The summed E-state index contributed by atoms with van der Waals surface area (Å²) in [6.07, 6.45) is -1.53. The molecule has 0 amide bonds. The molecule has 6 nitrogen and oxygen atoms in total. The summed E-state index contributed by atoms with van der Waals surface area (Å²) in [5.74, 6) is 0.680. The van der Waals surface area contributed by atoms with Crippen molar-refractivity contribution in [3.05, 3.63) is 60.4 Å². The third-order valence-corrected chi connectivity index (χ3v) is 5.01. The fourth-order valence-electron chi connectivity index (χ4n) is 2.66. The lowest BCUT2D eigenvalue weighted by atomic mass is 10.1. The van der Waals surface area contributed by atoms with Crippen LogP contribution in [0.2, 0.25) is 0 Å². The van der Waals surface area contributed by atoms with E-state index in [0.717, 1.165) is 17.0 Å². The Morgan fingerprint density at radius 1 is 1.11 bits per heavy atom. The highest BCUT2D eigenvalue weighted by molar-refractivity contribution is 8.00. The smallest absolute Gasteiger partial charge is 0.416 e. The Balaban J connectivity index is 1.58. The molecule has 10 heteroatoms. The highest BCUT2D eigenvalue weighted by Gasteiger charge is 2.30. The van der Waals surface area contributed by atoms with E-state index in [1.807, 2.05) is 6.07 Å². The molecule has 0 saturated heterocycles. The Labute approximate surface area is 161 Å². The monoisotopic (exact) mass is 406 g/mol. The molecular weight excluding hydrogens is 393 g/mol. The summed E-state index contributed by atoms with van der Waals surface area (Å²) in [5, 5.41) is 12.1. The maximum atomic E-state index is 12.7. The Hall–Kier alpha value is -2.82. The van der Waals surface area contributed by atoms with Gasteiger partial charge in [0.15, 0.2) is 11.2 Å². The maximum Gasteiger partial charge on any atom is 0.416 e. The van der Waals surface area contributed by atoms with Gasteiger partial charge in [0, 0.05) is 10.5 Å². The van der Waals surface area contributed by atoms with Crippen LogP contribution in [0.4, 0.5) is 18.9 Å². The number of benzene rings is 2. The number of halogens is 3. The Morgan fingerprint density at radius 2 is 1.89 bits per heavy atom. The second-order valence-corrected chi connectivity index (χ2v) is 6.97. The Morgan fingerprint density at radius 3 is 2.61 bits per heavy atom. The van der Waals surface area contributed by atoms with Gasteiger partial charge in [-0.15, -0.1) is 0 Å². The van der Waals surface area contributed by atoms with Crippen molar-refractivity contribution in [1.82, 2.24) is 15.4 Å². The van der Waals surface area contributed by atoms with Crippen molar-refractivity contribution < 1.29 is 23.1 Å². The third-order valence-electron chi connectivity index (χ3n) is 3.96. The molecule has 4 rings (SSSR count). The summed E-state index contributed by atoms with van der Waals surface area (Å²) in [6.45, 7) is 0. The summed E-state index contributed by atoms with van der Waals surface area (Å²) in [5.41, 5.74) is 2.58. The maximum absolute atomic E-state index is 12.7. The van der Waals surface area contributed by atoms with E-state index in [4.69, 9.17) is 9.94 Å². The lowest BCUT2D eigenvalue weighted by molar-refractivity contribution is -0.137. The number of alkyl halides is 3. The topological polar surface area (TPSA) is 79.3 Å². The summed E-state index contributed by atoms with van der Waals surface area (Å²) < 4.78 is 44.0. The molecule has 0 bridgehead atoms. The number of hydrogen-bond acceptors (Lipinski definition) is 7. The molecule has 28 heavy (non-hydrogen) atoms. The van der Waals surface area contributed by atoms with Gasteiger partial charge in [0.1, 0.15) is 0 Å². The molecule has 2 heterocycles. The predicted octanol–water partition coefficient (Wildman–Crippen LogP) is 4.73. The molecule has 1 unspecified atom stereocenters. The van der Waals surface area contributed by atoms with Crippen LogP contribution in [0, 0.1) is 0 Å². The highest BCUT2D eigenvalue weighted by atomic mass is 32.2. The van der Waals surface area contributed by atoms with Gasteiger partial charge in [0.2, 0.25) is 5.88 Å². The van der Waals surface area contributed by atoms with E-state index in [9.17, 15) is 13.2 Å². The number of thioether (sulfide) groups is 1. The average Bonchev–Trinajstić information content (AvgIpc) is 3.12. The molecule has 1 aliphatic heterocycles. The van der Waals surface area contributed by atoms with Gasteiger partial charge in [-0.2, -0.15) is 18.7 Å². The lowest BCUT2D eigenvalue weighted by Crippen LogP contribution is -2.26. The van der Waals surface area contributed by atoms with Crippen LogP contribution in [-0.4, -0.2) is 20.7 Å².